The summed E-state index contributed by atoms with van der Waals surface area (Å²) in [6.07, 6.45) is 0.988. The molecule has 3 rings (SSSR count). The van der Waals surface area contributed by atoms with Crippen LogP contribution >= 0.6 is 0 Å². The lowest BCUT2D eigenvalue weighted by Gasteiger charge is -2.18. The largest absolute Gasteiger partial charge is 0.506 e. The zero-order valence-corrected chi connectivity index (χ0v) is 13.8. The lowest BCUT2D eigenvalue weighted by atomic mass is 9.98. The first-order chi connectivity index (χ1) is 11.6. The quantitative estimate of drug-likeness (QED) is 0.835. The second-order valence-electron chi connectivity index (χ2n) is 5.90. The molecule has 2 aromatic rings. The Hall–Kier alpha value is -2.69. The number of ether oxygens (including phenoxy) is 2. The van der Waals surface area contributed by atoms with E-state index in [9.17, 15) is 9.90 Å². The number of fused-ring (bicyclic) bond motifs is 1. The Morgan fingerprint density at radius 2 is 1.92 bits per heavy atom. The zero-order chi connectivity index (χ0) is 17.1. The molecule has 5 heteroatoms. The van der Waals surface area contributed by atoms with Crippen molar-refractivity contribution < 1.29 is 19.4 Å². The van der Waals surface area contributed by atoms with E-state index in [-0.39, 0.29) is 11.7 Å². The molecule has 0 bridgehead atoms. The van der Waals surface area contributed by atoms with Gasteiger partial charge in [-0.25, -0.2) is 0 Å². The molecule has 0 fully saturated rings. The average molecular weight is 327 g/mol. The van der Waals surface area contributed by atoms with Crippen molar-refractivity contribution in [1.82, 2.24) is 0 Å². The maximum Gasteiger partial charge on any atom is 0.255 e. The number of nitrogens with one attached hydrogen (secondary N) is 1. The highest BCUT2D eigenvalue weighted by molar-refractivity contribution is 6.05. The summed E-state index contributed by atoms with van der Waals surface area (Å²) in [7, 11) is 0. The summed E-state index contributed by atoms with van der Waals surface area (Å²) in [6.45, 7) is 5.17. The van der Waals surface area contributed by atoms with Crippen molar-refractivity contribution in [2.45, 2.75) is 26.2 Å². The van der Waals surface area contributed by atoms with E-state index < -0.39 is 0 Å². The van der Waals surface area contributed by atoms with Crippen molar-refractivity contribution in [3.63, 3.8) is 0 Å². The highest BCUT2D eigenvalue weighted by Gasteiger charge is 2.16. The molecule has 0 radical (unpaired) electrons. The molecule has 2 N–H and O–H groups in total. The number of hydrogen-bond acceptors (Lipinski definition) is 4. The molecular weight excluding hydrogens is 306 g/mol. The monoisotopic (exact) mass is 327 g/mol. The van der Waals surface area contributed by atoms with Crippen molar-refractivity contribution in [2.75, 3.05) is 18.5 Å². The summed E-state index contributed by atoms with van der Waals surface area (Å²) in [6, 6.07) is 10.4. The maximum absolute atomic E-state index is 12.4. The number of benzene rings is 2. The molecule has 24 heavy (non-hydrogen) atoms. The van der Waals surface area contributed by atoms with Crippen molar-refractivity contribution >= 4 is 11.6 Å². The van der Waals surface area contributed by atoms with Crippen LogP contribution in [-0.2, 0) is 0 Å². The third-order valence-corrected chi connectivity index (χ3v) is 4.26. The fraction of sp³-hybridized carbons (Fsp3) is 0.316. The van der Waals surface area contributed by atoms with Crippen LogP contribution < -0.4 is 14.8 Å². The molecule has 0 saturated heterocycles. The van der Waals surface area contributed by atoms with E-state index in [1.54, 1.807) is 30.3 Å². The van der Waals surface area contributed by atoms with Gasteiger partial charge in [0.15, 0.2) is 11.5 Å². The number of hydrogen-bond donors (Lipinski definition) is 2. The molecule has 1 heterocycles. The summed E-state index contributed by atoms with van der Waals surface area (Å²) in [5.74, 6) is 1.32. The van der Waals surface area contributed by atoms with Crippen LogP contribution in [0.1, 0.15) is 42.1 Å². The number of phenols is 1. The molecule has 0 aromatic heterocycles. The third kappa shape index (κ3) is 3.30. The van der Waals surface area contributed by atoms with Crippen molar-refractivity contribution in [3.05, 3.63) is 47.5 Å². The predicted molar refractivity (Wildman–Crippen MR) is 92.2 cm³/mol. The molecular formula is C19H21NO4. The van der Waals surface area contributed by atoms with E-state index in [0.29, 0.717) is 41.9 Å². The van der Waals surface area contributed by atoms with E-state index in [0.717, 1.165) is 12.0 Å². The Morgan fingerprint density at radius 1 is 1.17 bits per heavy atom. The van der Waals surface area contributed by atoms with E-state index in [4.69, 9.17) is 9.47 Å². The molecule has 0 spiro atoms. The number of phenolic OH excluding ortho intramolecular Hbond substituents is 1. The van der Waals surface area contributed by atoms with Crippen LogP contribution in [0.2, 0.25) is 0 Å². The molecule has 0 unspecified atom stereocenters. The van der Waals surface area contributed by atoms with Crippen LogP contribution in [-0.4, -0.2) is 24.2 Å². The third-order valence-electron chi connectivity index (χ3n) is 4.26. The van der Waals surface area contributed by atoms with Crippen LogP contribution in [0.3, 0.4) is 0 Å². The number of carbonyl (C=O) groups excluding carboxylic acids is 1. The maximum atomic E-state index is 12.4. The fourth-order valence-corrected chi connectivity index (χ4v) is 2.58. The first-order valence-corrected chi connectivity index (χ1v) is 8.12. The van der Waals surface area contributed by atoms with Crippen molar-refractivity contribution in [3.8, 4) is 17.2 Å². The number of amides is 1. The van der Waals surface area contributed by atoms with Gasteiger partial charge < -0.3 is 19.9 Å². The number of carbonyl (C=O) groups is 1. The molecule has 126 valence electrons. The van der Waals surface area contributed by atoms with Gasteiger partial charge in [-0.2, -0.15) is 0 Å². The Labute approximate surface area is 141 Å². The molecule has 1 aliphatic heterocycles. The first-order valence-electron chi connectivity index (χ1n) is 8.12. The highest BCUT2D eigenvalue weighted by atomic mass is 16.6. The van der Waals surface area contributed by atoms with Crippen molar-refractivity contribution in [2.24, 2.45) is 0 Å². The van der Waals surface area contributed by atoms with Gasteiger partial charge in [-0.1, -0.05) is 19.9 Å². The number of anilines is 1. The SMILES string of the molecule is CC[C@@H](C)c1ccc(NC(=O)c2ccc3c(c2)OCCO3)c(O)c1. The number of rotatable bonds is 4. The molecule has 5 nitrogen and oxygen atoms in total. The van der Waals surface area contributed by atoms with Crippen LogP contribution in [0.25, 0.3) is 0 Å². The number of aromatic hydroxyl groups is 1. The van der Waals surface area contributed by atoms with Crippen LogP contribution in [0, 0.1) is 0 Å². The molecule has 1 aliphatic rings. The van der Waals surface area contributed by atoms with E-state index in [1.165, 1.54) is 0 Å². The van der Waals surface area contributed by atoms with Gasteiger partial charge >= 0.3 is 0 Å². The minimum atomic E-state index is -0.307. The molecule has 0 aliphatic carbocycles. The van der Waals surface area contributed by atoms with Crippen LogP contribution in [0.4, 0.5) is 5.69 Å². The summed E-state index contributed by atoms with van der Waals surface area (Å²) in [5.41, 5.74) is 1.89. The second kappa shape index (κ2) is 6.83. The minimum Gasteiger partial charge on any atom is -0.506 e. The van der Waals surface area contributed by atoms with Gasteiger partial charge in [-0.05, 0) is 48.2 Å². The van der Waals surface area contributed by atoms with Gasteiger partial charge in [-0.15, -0.1) is 0 Å². The van der Waals surface area contributed by atoms with E-state index in [2.05, 4.69) is 19.2 Å². The molecule has 1 amide bonds. The summed E-state index contributed by atoms with van der Waals surface area (Å²) in [5, 5.41) is 12.9. The van der Waals surface area contributed by atoms with Gasteiger partial charge in [-0.3, -0.25) is 4.79 Å². The van der Waals surface area contributed by atoms with Crippen LogP contribution in [0.15, 0.2) is 36.4 Å². The summed E-state index contributed by atoms with van der Waals surface area (Å²) >= 11 is 0. The van der Waals surface area contributed by atoms with Crippen LogP contribution in [0.5, 0.6) is 17.2 Å². The van der Waals surface area contributed by atoms with Gasteiger partial charge in [0, 0.05) is 5.56 Å². The van der Waals surface area contributed by atoms with Gasteiger partial charge in [0.2, 0.25) is 0 Å². The topological polar surface area (TPSA) is 67.8 Å². The van der Waals surface area contributed by atoms with Gasteiger partial charge in [0.1, 0.15) is 19.0 Å². The second-order valence-corrected chi connectivity index (χ2v) is 5.90. The normalized spacial score (nSPS) is 14.1. The van der Waals surface area contributed by atoms with E-state index >= 15 is 0 Å². The Bertz CT molecular complexity index is 757. The Balaban J connectivity index is 1.77. The van der Waals surface area contributed by atoms with Crippen molar-refractivity contribution in [1.29, 1.82) is 0 Å². The highest BCUT2D eigenvalue weighted by Crippen LogP contribution is 2.32. The lowest BCUT2D eigenvalue weighted by molar-refractivity contribution is 0.102. The standard InChI is InChI=1S/C19H21NO4/c1-3-12(2)13-4-6-15(16(21)10-13)20-19(22)14-5-7-17-18(11-14)24-9-8-23-17/h4-7,10-12,21H,3,8-9H2,1-2H3,(H,20,22)/t12-/m1/s1. The fourth-order valence-electron chi connectivity index (χ4n) is 2.58. The minimum absolute atomic E-state index is 0.0682. The molecule has 1 atom stereocenters. The zero-order valence-electron chi connectivity index (χ0n) is 13.8. The average Bonchev–Trinajstić information content (AvgIpc) is 2.62. The van der Waals surface area contributed by atoms with E-state index in [1.807, 2.05) is 6.07 Å². The van der Waals surface area contributed by atoms with Gasteiger partial charge in [0.25, 0.3) is 5.91 Å². The summed E-state index contributed by atoms with van der Waals surface area (Å²) < 4.78 is 10.9. The smallest absolute Gasteiger partial charge is 0.255 e. The Morgan fingerprint density at radius 3 is 2.62 bits per heavy atom. The first kappa shape index (κ1) is 16.2. The van der Waals surface area contributed by atoms with Gasteiger partial charge in [0.05, 0.1) is 5.69 Å². The lowest BCUT2D eigenvalue weighted by Crippen LogP contribution is -2.17. The predicted octanol–water partition coefficient (Wildman–Crippen LogP) is 3.93. The summed E-state index contributed by atoms with van der Waals surface area (Å²) in [4.78, 5) is 12.4. The molecule has 2 aromatic carbocycles. The molecule has 0 saturated carbocycles. The Kier molecular flexibility index (Phi) is 4.60.